The van der Waals surface area contributed by atoms with Crippen molar-refractivity contribution in [3.63, 3.8) is 0 Å². The molecule has 0 spiro atoms. The molecule has 6 heteroatoms. The number of para-hydroxylation sites is 1. The highest BCUT2D eigenvalue weighted by Crippen LogP contribution is 2.31. The third kappa shape index (κ3) is 3.09. The van der Waals surface area contributed by atoms with E-state index in [1.807, 2.05) is 6.92 Å². The fourth-order valence-electron chi connectivity index (χ4n) is 1.58. The molecule has 0 bridgehead atoms. The molecule has 0 aliphatic carbocycles. The third-order valence-electron chi connectivity index (χ3n) is 2.34. The van der Waals surface area contributed by atoms with Crippen molar-refractivity contribution in [1.29, 1.82) is 0 Å². The number of benzene rings is 1. The summed E-state index contributed by atoms with van der Waals surface area (Å²) in [6.45, 7) is 4.13. The lowest BCUT2D eigenvalue weighted by Crippen LogP contribution is -2.02. The summed E-state index contributed by atoms with van der Waals surface area (Å²) < 4.78 is 16.2. The minimum atomic E-state index is 0.0891. The van der Waals surface area contributed by atoms with Crippen LogP contribution in [0.5, 0.6) is 11.5 Å². The van der Waals surface area contributed by atoms with Gasteiger partial charge in [-0.1, -0.05) is 6.07 Å². The molecule has 2 aromatic rings. The maximum atomic E-state index is 11.0. The van der Waals surface area contributed by atoms with Crippen molar-refractivity contribution in [2.24, 2.45) is 0 Å². The second-order valence-electron chi connectivity index (χ2n) is 3.73. The number of aldehydes is 1. The number of aromatic nitrogens is 2. The molecule has 0 unspecified atom stereocenters. The topological polar surface area (TPSA) is 74.5 Å². The molecule has 0 fully saturated rings. The van der Waals surface area contributed by atoms with Gasteiger partial charge in [0.15, 0.2) is 24.4 Å². The molecule has 1 aromatic heterocycles. The summed E-state index contributed by atoms with van der Waals surface area (Å²) >= 11 is 0. The fourth-order valence-corrected chi connectivity index (χ4v) is 1.58. The largest absolute Gasteiger partial charge is 0.490 e. The molecule has 100 valence electrons. The van der Waals surface area contributed by atoms with Crippen molar-refractivity contribution in [2.45, 2.75) is 20.5 Å². The zero-order chi connectivity index (χ0) is 13.7. The summed E-state index contributed by atoms with van der Waals surface area (Å²) in [5.74, 6) is 1.71. The summed E-state index contributed by atoms with van der Waals surface area (Å²) in [5, 5.41) is 7.52. The van der Waals surface area contributed by atoms with Crippen LogP contribution < -0.4 is 9.47 Å². The van der Waals surface area contributed by atoms with Crippen LogP contribution in [0.1, 0.15) is 29.1 Å². The summed E-state index contributed by atoms with van der Waals surface area (Å²) in [6, 6.07) is 5.13. The highest BCUT2D eigenvalue weighted by atomic mass is 16.5. The minimum Gasteiger partial charge on any atom is -0.490 e. The number of rotatable bonds is 6. The van der Waals surface area contributed by atoms with Crippen molar-refractivity contribution < 1.29 is 18.7 Å². The Morgan fingerprint density at radius 2 is 2.16 bits per heavy atom. The van der Waals surface area contributed by atoms with E-state index >= 15 is 0 Å². The molecule has 0 aliphatic heterocycles. The van der Waals surface area contributed by atoms with E-state index in [4.69, 9.17) is 13.9 Å². The van der Waals surface area contributed by atoms with Crippen LogP contribution in [0.2, 0.25) is 0 Å². The minimum absolute atomic E-state index is 0.0891. The van der Waals surface area contributed by atoms with Crippen LogP contribution in [0.25, 0.3) is 0 Å². The Morgan fingerprint density at radius 1 is 1.32 bits per heavy atom. The highest BCUT2D eigenvalue weighted by Gasteiger charge is 2.12. The van der Waals surface area contributed by atoms with Crippen LogP contribution in [0, 0.1) is 6.92 Å². The van der Waals surface area contributed by atoms with E-state index in [2.05, 4.69) is 10.2 Å². The molecule has 0 aliphatic rings. The molecule has 1 aromatic carbocycles. The second kappa shape index (κ2) is 5.99. The van der Waals surface area contributed by atoms with Gasteiger partial charge in [-0.3, -0.25) is 4.79 Å². The normalized spacial score (nSPS) is 10.2. The second-order valence-corrected chi connectivity index (χ2v) is 3.73. The average molecular weight is 262 g/mol. The summed E-state index contributed by atoms with van der Waals surface area (Å²) in [6.07, 6.45) is 0.719. The number of ether oxygens (including phenoxy) is 2. The molecule has 0 radical (unpaired) electrons. The SMILES string of the molecule is CCOc1cccc(C=O)c1OCc1nnc(C)o1. The standard InChI is InChI=1S/C13H14N2O4/c1-3-17-11-6-4-5-10(7-16)13(11)18-8-12-15-14-9(2)19-12/h4-7H,3,8H2,1-2H3. The molecule has 0 N–H and O–H groups in total. The van der Waals surface area contributed by atoms with E-state index in [9.17, 15) is 4.79 Å². The first-order valence-corrected chi connectivity index (χ1v) is 5.87. The van der Waals surface area contributed by atoms with Gasteiger partial charge in [-0.2, -0.15) is 0 Å². The van der Waals surface area contributed by atoms with Gasteiger partial charge in [0.05, 0.1) is 12.2 Å². The monoisotopic (exact) mass is 262 g/mol. The first kappa shape index (κ1) is 13.1. The third-order valence-corrected chi connectivity index (χ3v) is 2.34. The molecule has 0 saturated carbocycles. The average Bonchev–Trinajstić information content (AvgIpc) is 2.83. The van der Waals surface area contributed by atoms with Crippen LogP contribution in [-0.4, -0.2) is 23.1 Å². The molecule has 0 saturated heterocycles. The van der Waals surface area contributed by atoms with Gasteiger partial charge in [0.1, 0.15) is 0 Å². The molecule has 0 amide bonds. The first-order valence-electron chi connectivity index (χ1n) is 5.87. The first-order chi connectivity index (χ1) is 9.24. The number of hydrogen-bond donors (Lipinski definition) is 0. The maximum absolute atomic E-state index is 11.0. The molecule has 19 heavy (non-hydrogen) atoms. The highest BCUT2D eigenvalue weighted by molar-refractivity contribution is 5.81. The van der Waals surface area contributed by atoms with Crippen LogP contribution in [0.4, 0.5) is 0 Å². The quantitative estimate of drug-likeness (QED) is 0.743. The zero-order valence-corrected chi connectivity index (χ0v) is 10.8. The zero-order valence-electron chi connectivity index (χ0n) is 10.8. The Balaban J connectivity index is 2.19. The van der Waals surface area contributed by atoms with Crippen LogP contribution in [-0.2, 0) is 6.61 Å². The fraction of sp³-hybridized carbons (Fsp3) is 0.308. The van der Waals surface area contributed by atoms with Crippen molar-refractivity contribution in [2.75, 3.05) is 6.61 Å². The van der Waals surface area contributed by atoms with E-state index in [0.29, 0.717) is 35.5 Å². The smallest absolute Gasteiger partial charge is 0.253 e. The van der Waals surface area contributed by atoms with Gasteiger partial charge < -0.3 is 13.9 Å². The Morgan fingerprint density at radius 3 is 2.79 bits per heavy atom. The predicted molar refractivity (Wildman–Crippen MR) is 66.4 cm³/mol. The summed E-state index contributed by atoms with van der Waals surface area (Å²) in [5.41, 5.74) is 0.419. The molecule has 1 heterocycles. The number of aryl methyl sites for hydroxylation is 1. The lowest BCUT2D eigenvalue weighted by atomic mass is 10.2. The number of hydrogen-bond acceptors (Lipinski definition) is 6. The number of carbonyl (C=O) groups is 1. The summed E-state index contributed by atoms with van der Waals surface area (Å²) in [4.78, 5) is 11.0. The number of nitrogens with zero attached hydrogens (tertiary/aromatic N) is 2. The number of carbonyl (C=O) groups excluding carboxylic acids is 1. The van der Waals surface area contributed by atoms with Gasteiger partial charge in [-0.15, -0.1) is 10.2 Å². The molecular formula is C13H14N2O4. The van der Waals surface area contributed by atoms with E-state index < -0.39 is 0 Å². The van der Waals surface area contributed by atoms with E-state index in [1.54, 1.807) is 25.1 Å². The van der Waals surface area contributed by atoms with Gasteiger partial charge >= 0.3 is 0 Å². The molecule has 6 nitrogen and oxygen atoms in total. The van der Waals surface area contributed by atoms with E-state index in [-0.39, 0.29) is 6.61 Å². The Hall–Kier alpha value is -2.37. The van der Waals surface area contributed by atoms with Crippen molar-refractivity contribution in [1.82, 2.24) is 10.2 Å². The van der Waals surface area contributed by atoms with Crippen LogP contribution in [0.3, 0.4) is 0 Å². The van der Waals surface area contributed by atoms with Crippen molar-refractivity contribution in [3.8, 4) is 11.5 Å². The van der Waals surface area contributed by atoms with E-state index in [1.165, 1.54) is 0 Å². The lowest BCUT2D eigenvalue weighted by molar-refractivity contribution is 0.111. The lowest BCUT2D eigenvalue weighted by Gasteiger charge is -2.12. The predicted octanol–water partition coefficient (Wildman–Crippen LogP) is 2.17. The van der Waals surface area contributed by atoms with Gasteiger partial charge in [0.25, 0.3) is 5.89 Å². The molecule has 0 atom stereocenters. The van der Waals surface area contributed by atoms with E-state index in [0.717, 1.165) is 6.29 Å². The Labute approximate surface area is 110 Å². The van der Waals surface area contributed by atoms with Crippen LogP contribution >= 0.6 is 0 Å². The van der Waals surface area contributed by atoms with Crippen molar-refractivity contribution >= 4 is 6.29 Å². The molecular weight excluding hydrogens is 248 g/mol. The molecule has 2 rings (SSSR count). The summed E-state index contributed by atoms with van der Waals surface area (Å²) in [7, 11) is 0. The van der Waals surface area contributed by atoms with Gasteiger partial charge in [0, 0.05) is 6.92 Å². The maximum Gasteiger partial charge on any atom is 0.253 e. The van der Waals surface area contributed by atoms with Crippen molar-refractivity contribution in [3.05, 3.63) is 35.5 Å². The van der Waals surface area contributed by atoms with Gasteiger partial charge in [-0.25, -0.2) is 0 Å². The Kier molecular flexibility index (Phi) is 4.12. The van der Waals surface area contributed by atoms with Crippen LogP contribution in [0.15, 0.2) is 22.6 Å². The van der Waals surface area contributed by atoms with Gasteiger partial charge in [-0.05, 0) is 19.1 Å². The Bertz CT molecular complexity index is 566. The van der Waals surface area contributed by atoms with Gasteiger partial charge in [0.2, 0.25) is 5.89 Å².